The Morgan fingerprint density at radius 1 is 1.42 bits per heavy atom. The van der Waals surface area contributed by atoms with Crippen LogP contribution in [0, 0.1) is 11.7 Å². The molecule has 106 valence electrons. The minimum absolute atomic E-state index is 0.184. The Bertz CT molecular complexity index is 434. The summed E-state index contributed by atoms with van der Waals surface area (Å²) >= 11 is 0. The first-order valence-corrected chi connectivity index (χ1v) is 6.72. The molecule has 1 atom stereocenters. The number of carbonyl (C=O) groups is 1. The zero-order chi connectivity index (χ0) is 14.4. The highest BCUT2D eigenvalue weighted by Gasteiger charge is 2.15. The standard InChI is InChI=1S/C15H22FNO2/c1-4-11(3)9-17(5-2)10-12-8-13(16)6-7-14(12)15(18)19/h6-8,11H,4-5,9-10H2,1-3H3,(H,18,19). The third-order valence-electron chi connectivity index (χ3n) is 3.41. The van der Waals surface area contributed by atoms with Crippen LogP contribution < -0.4 is 0 Å². The molecule has 0 spiro atoms. The van der Waals surface area contributed by atoms with Crippen molar-refractivity contribution in [2.75, 3.05) is 13.1 Å². The number of nitrogens with zero attached hydrogens (tertiary/aromatic N) is 1. The summed E-state index contributed by atoms with van der Waals surface area (Å²) in [5.74, 6) is -0.851. The van der Waals surface area contributed by atoms with Gasteiger partial charge in [0.05, 0.1) is 5.56 Å². The number of carboxylic acid groups (broad SMARTS) is 1. The van der Waals surface area contributed by atoms with Crippen LogP contribution in [0.15, 0.2) is 18.2 Å². The second kappa shape index (κ2) is 7.24. The maximum Gasteiger partial charge on any atom is 0.336 e. The van der Waals surface area contributed by atoms with E-state index in [1.807, 2.05) is 6.92 Å². The van der Waals surface area contributed by atoms with Crippen molar-refractivity contribution >= 4 is 5.97 Å². The van der Waals surface area contributed by atoms with Gasteiger partial charge in [-0.3, -0.25) is 4.90 Å². The summed E-state index contributed by atoms with van der Waals surface area (Å²) in [6.45, 7) is 8.50. The third kappa shape index (κ3) is 4.63. The first-order chi connectivity index (χ1) is 8.97. The minimum atomic E-state index is -1.01. The number of halogens is 1. The van der Waals surface area contributed by atoms with Crippen molar-refractivity contribution in [3.05, 3.63) is 35.1 Å². The molecule has 0 radical (unpaired) electrons. The molecule has 1 aromatic rings. The van der Waals surface area contributed by atoms with E-state index in [1.165, 1.54) is 18.2 Å². The van der Waals surface area contributed by atoms with Crippen LogP contribution in [0.2, 0.25) is 0 Å². The lowest BCUT2D eigenvalue weighted by Crippen LogP contribution is -2.28. The molecule has 0 aliphatic rings. The fourth-order valence-electron chi connectivity index (χ4n) is 2.02. The van der Waals surface area contributed by atoms with Crippen molar-refractivity contribution in [2.24, 2.45) is 5.92 Å². The molecular weight excluding hydrogens is 245 g/mol. The van der Waals surface area contributed by atoms with Crippen LogP contribution in [0.25, 0.3) is 0 Å². The van der Waals surface area contributed by atoms with Gasteiger partial charge in [-0.05, 0) is 36.2 Å². The summed E-state index contributed by atoms with van der Waals surface area (Å²) in [4.78, 5) is 13.3. The molecule has 1 rings (SSSR count). The fraction of sp³-hybridized carbons (Fsp3) is 0.533. The Balaban J connectivity index is 2.89. The molecule has 0 aliphatic carbocycles. The average molecular weight is 267 g/mol. The molecule has 4 heteroatoms. The van der Waals surface area contributed by atoms with E-state index in [4.69, 9.17) is 5.11 Å². The highest BCUT2D eigenvalue weighted by molar-refractivity contribution is 5.89. The van der Waals surface area contributed by atoms with Gasteiger partial charge >= 0.3 is 5.97 Å². The number of aromatic carboxylic acids is 1. The van der Waals surface area contributed by atoms with E-state index in [0.717, 1.165) is 19.5 Å². The quantitative estimate of drug-likeness (QED) is 0.823. The highest BCUT2D eigenvalue weighted by atomic mass is 19.1. The Morgan fingerprint density at radius 3 is 2.63 bits per heavy atom. The van der Waals surface area contributed by atoms with Crippen LogP contribution >= 0.6 is 0 Å². The van der Waals surface area contributed by atoms with Crippen molar-refractivity contribution in [3.8, 4) is 0 Å². The van der Waals surface area contributed by atoms with Gasteiger partial charge in [0.15, 0.2) is 0 Å². The van der Waals surface area contributed by atoms with Crippen LogP contribution in [0.5, 0.6) is 0 Å². The molecule has 0 saturated carbocycles. The maximum absolute atomic E-state index is 13.3. The van der Waals surface area contributed by atoms with Crippen molar-refractivity contribution in [1.82, 2.24) is 4.90 Å². The van der Waals surface area contributed by atoms with Crippen LogP contribution in [0.1, 0.15) is 43.1 Å². The largest absolute Gasteiger partial charge is 0.478 e. The Morgan fingerprint density at radius 2 is 2.11 bits per heavy atom. The normalized spacial score (nSPS) is 12.7. The third-order valence-corrected chi connectivity index (χ3v) is 3.41. The summed E-state index contributed by atoms with van der Waals surface area (Å²) in [6.07, 6.45) is 1.07. The molecule has 3 nitrogen and oxygen atoms in total. The predicted octanol–water partition coefficient (Wildman–Crippen LogP) is 3.39. The number of carboxylic acids is 1. The van der Waals surface area contributed by atoms with Crippen LogP contribution in [0.4, 0.5) is 4.39 Å². The summed E-state index contributed by atoms with van der Waals surface area (Å²) < 4.78 is 13.3. The molecule has 0 amide bonds. The number of rotatable bonds is 7. The van der Waals surface area contributed by atoms with Crippen molar-refractivity contribution in [2.45, 2.75) is 33.7 Å². The molecule has 1 aromatic carbocycles. The molecule has 1 N–H and O–H groups in total. The Labute approximate surface area is 114 Å². The van der Waals surface area contributed by atoms with E-state index in [9.17, 15) is 9.18 Å². The molecule has 19 heavy (non-hydrogen) atoms. The van der Waals surface area contributed by atoms with E-state index in [-0.39, 0.29) is 11.4 Å². The van der Waals surface area contributed by atoms with E-state index >= 15 is 0 Å². The molecule has 1 unspecified atom stereocenters. The zero-order valence-corrected chi connectivity index (χ0v) is 11.8. The van der Waals surface area contributed by atoms with Gasteiger partial charge in [-0.2, -0.15) is 0 Å². The van der Waals surface area contributed by atoms with Crippen LogP contribution in [0.3, 0.4) is 0 Å². The smallest absolute Gasteiger partial charge is 0.336 e. The van der Waals surface area contributed by atoms with Crippen molar-refractivity contribution in [1.29, 1.82) is 0 Å². The van der Waals surface area contributed by atoms with Gasteiger partial charge in [-0.25, -0.2) is 9.18 Å². The van der Waals surface area contributed by atoms with E-state index < -0.39 is 5.97 Å². The maximum atomic E-state index is 13.3. The van der Waals surface area contributed by atoms with Gasteiger partial charge in [0.25, 0.3) is 0 Å². The van der Waals surface area contributed by atoms with Gasteiger partial charge in [-0.15, -0.1) is 0 Å². The first-order valence-electron chi connectivity index (χ1n) is 6.72. The van der Waals surface area contributed by atoms with Crippen molar-refractivity contribution < 1.29 is 14.3 Å². The lowest BCUT2D eigenvalue weighted by atomic mass is 10.0. The van der Waals surface area contributed by atoms with Crippen LogP contribution in [-0.4, -0.2) is 29.1 Å². The molecular formula is C15H22FNO2. The Hall–Kier alpha value is -1.42. The molecule has 0 heterocycles. The average Bonchev–Trinajstić information content (AvgIpc) is 2.37. The van der Waals surface area contributed by atoms with E-state index in [1.54, 1.807) is 0 Å². The second-order valence-electron chi connectivity index (χ2n) is 4.95. The topological polar surface area (TPSA) is 40.5 Å². The lowest BCUT2D eigenvalue weighted by Gasteiger charge is -2.24. The van der Waals surface area contributed by atoms with Crippen molar-refractivity contribution in [3.63, 3.8) is 0 Å². The Kier molecular flexibility index (Phi) is 5.96. The molecule has 0 fully saturated rings. The monoisotopic (exact) mass is 267 g/mol. The fourth-order valence-corrected chi connectivity index (χ4v) is 2.02. The number of hydrogen-bond acceptors (Lipinski definition) is 2. The summed E-state index contributed by atoms with van der Waals surface area (Å²) in [5, 5.41) is 9.13. The molecule has 0 bridgehead atoms. The van der Waals surface area contributed by atoms with E-state index in [0.29, 0.717) is 18.0 Å². The predicted molar refractivity (Wildman–Crippen MR) is 73.8 cm³/mol. The first kappa shape index (κ1) is 15.6. The SMILES string of the molecule is CCC(C)CN(CC)Cc1cc(F)ccc1C(=O)O. The summed E-state index contributed by atoms with van der Waals surface area (Å²) in [5.41, 5.74) is 0.724. The second-order valence-corrected chi connectivity index (χ2v) is 4.95. The molecule has 0 saturated heterocycles. The van der Waals surface area contributed by atoms with Gasteiger partial charge in [0, 0.05) is 13.1 Å². The molecule has 0 aliphatic heterocycles. The van der Waals surface area contributed by atoms with Gasteiger partial charge in [0.1, 0.15) is 5.82 Å². The summed E-state index contributed by atoms with van der Waals surface area (Å²) in [6, 6.07) is 3.85. The summed E-state index contributed by atoms with van der Waals surface area (Å²) in [7, 11) is 0. The van der Waals surface area contributed by atoms with Gasteiger partial charge in [0.2, 0.25) is 0 Å². The lowest BCUT2D eigenvalue weighted by molar-refractivity contribution is 0.0694. The number of benzene rings is 1. The number of hydrogen-bond donors (Lipinski definition) is 1. The van der Waals surface area contributed by atoms with E-state index in [2.05, 4.69) is 18.7 Å². The van der Waals surface area contributed by atoms with Gasteiger partial charge in [-0.1, -0.05) is 27.2 Å². The zero-order valence-electron chi connectivity index (χ0n) is 11.8. The molecule has 0 aromatic heterocycles. The van der Waals surface area contributed by atoms with Crippen LogP contribution in [-0.2, 0) is 6.54 Å². The minimum Gasteiger partial charge on any atom is -0.478 e. The highest BCUT2D eigenvalue weighted by Crippen LogP contribution is 2.15. The van der Waals surface area contributed by atoms with Gasteiger partial charge < -0.3 is 5.11 Å².